The second kappa shape index (κ2) is 10.0. The lowest BCUT2D eigenvalue weighted by Gasteiger charge is -2.04. The van der Waals surface area contributed by atoms with Crippen LogP contribution in [-0.4, -0.2) is 12.5 Å². The van der Waals surface area contributed by atoms with Gasteiger partial charge in [-0.15, -0.1) is 0 Å². The molecule has 1 rings (SSSR count). The quantitative estimate of drug-likeness (QED) is 0.410. The van der Waals surface area contributed by atoms with Crippen molar-refractivity contribution < 1.29 is 4.79 Å². The average Bonchev–Trinajstić information content (AvgIpc) is 2.45. The summed E-state index contributed by atoms with van der Waals surface area (Å²) < 4.78 is 0. The Bertz CT molecular complexity index is 435. The van der Waals surface area contributed by atoms with Crippen LogP contribution in [0.1, 0.15) is 51.5 Å². The van der Waals surface area contributed by atoms with Crippen molar-refractivity contribution in [1.29, 1.82) is 0 Å². The Morgan fingerprint density at radius 1 is 1.14 bits per heavy atom. The summed E-state index contributed by atoms with van der Waals surface area (Å²) in [4.78, 5) is 11.6. The van der Waals surface area contributed by atoms with Gasteiger partial charge in [0.25, 0.3) is 0 Å². The Morgan fingerprint density at radius 3 is 2.48 bits per heavy atom. The van der Waals surface area contributed by atoms with Gasteiger partial charge in [-0.3, -0.25) is 4.79 Å². The SMILES string of the molecule is CC(C)CCCCCCNC(=O)/C=C/c1ccc(N)cc1. The minimum Gasteiger partial charge on any atom is -0.399 e. The van der Waals surface area contributed by atoms with Crippen LogP contribution in [0.15, 0.2) is 30.3 Å². The summed E-state index contributed by atoms with van der Waals surface area (Å²) in [6.45, 7) is 5.27. The molecule has 21 heavy (non-hydrogen) atoms. The molecule has 0 fully saturated rings. The van der Waals surface area contributed by atoms with E-state index in [0.717, 1.165) is 30.1 Å². The summed E-state index contributed by atoms with van der Waals surface area (Å²) in [5.41, 5.74) is 7.32. The summed E-state index contributed by atoms with van der Waals surface area (Å²) >= 11 is 0. The zero-order chi connectivity index (χ0) is 15.5. The molecular weight excluding hydrogens is 260 g/mol. The maximum absolute atomic E-state index is 11.6. The molecule has 0 unspecified atom stereocenters. The van der Waals surface area contributed by atoms with Gasteiger partial charge in [-0.05, 0) is 36.1 Å². The van der Waals surface area contributed by atoms with Crippen molar-refractivity contribution in [2.45, 2.75) is 46.0 Å². The molecule has 0 heterocycles. The van der Waals surface area contributed by atoms with Gasteiger partial charge in [0.15, 0.2) is 0 Å². The maximum atomic E-state index is 11.6. The molecule has 0 atom stereocenters. The molecule has 1 amide bonds. The lowest BCUT2D eigenvalue weighted by Crippen LogP contribution is -2.21. The number of nitrogen functional groups attached to an aromatic ring is 1. The first-order chi connectivity index (χ1) is 10.1. The van der Waals surface area contributed by atoms with E-state index in [0.29, 0.717) is 0 Å². The largest absolute Gasteiger partial charge is 0.399 e. The zero-order valence-electron chi connectivity index (χ0n) is 13.3. The van der Waals surface area contributed by atoms with Crippen molar-refractivity contribution in [3.8, 4) is 0 Å². The predicted molar refractivity (Wildman–Crippen MR) is 90.8 cm³/mol. The maximum Gasteiger partial charge on any atom is 0.243 e. The minimum absolute atomic E-state index is 0.0333. The normalized spacial score (nSPS) is 11.2. The highest BCUT2D eigenvalue weighted by molar-refractivity contribution is 5.91. The van der Waals surface area contributed by atoms with Gasteiger partial charge in [-0.1, -0.05) is 51.7 Å². The standard InChI is InChI=1S/C18H28N2O/c1-15(2)7-5-3-4-6-14-20-18(21)13-10-16-8-11-17(19)12-9-16/h8-13,15H,3-7,14,19H2,1-2H3,(H,20,21)/b13-10+. The third-order valence-corrected chi connectivity index (χ3v) is 3.37. The fourth-order valence-electron chi connectivity index (χ4n) is 2.08. The Balaban J connectivity index is 2.10. The van der Waals surface area contributed by atoms with Crippen molar-refractivity contribution in [1.82, 2.24) is 5.32 Å². The van der Waals surface area contributed by atoms with Crippen molar-refractivity contribution in [3.05, 3.63) is 35.9 Å². The van der Waals surface area contributed by atoms with Crippen LogP contribution in [0.4, 0.5) is 5.69 Å². The molecule has 1 aromatic rings. The Hall–Kier alpha value is -1.77. The van der Waals surface area contributed by atoms with E-state index in [-0.39, 0.29) is 5.91 Å². The number of carbonyl (C=O) groups excluding carboxylic acids is 1. The number of nitrogens with one attached hydrogen (secondary N) is 1. The van der Waals surface area contributed by atoms with Gasteiger partial charge in [0.1, 0.15) is 0 Å². The monoisotopic (exact) mass is 288 g/mol. The van der Waals surface area contributed by atoms with Gasteiger partial charge < -0.3 is 11.1 Å². The van der Waals surface area contributed by atoms with Gasteiger partial charge in [0, 0.05) is 18.3 Å². The molecule has 0 bridgehead atoms. The van der Waals surface area contributed by atoms with Crippen LogP contribution in [0.25, 0.3) is 6.08 Å². The summed E-state index contributed by atoms with van der Waals surface area (Å²) in [6.07, 6.45) is 9.48. The molecule has 0 aliphatic carbocycles. The zero-order valence-corrected chi connectivity index (χ0v) is 13.3. The van der Waals surface area contributed by atoms with E-state index in [1.807, 2.05) is 24.3 Å². The van der Waals surface area contributed by atoms with Gasteiger partial charge >= 0.3 is 0 Å². The van der Waals surface area contributed by atoms with Crippen LogP contribution in [0.3, 0.4) is 0 Å². The molecule has 3 nitrogen and oxygen atoms in total. The minimum atomic E-state index is -0.0333. The predicted octanol–water partition coefficient (Wildman–Crippen LogP) is 4.00. The number of anilines is 1. The van der Waals surface area contributed by atoms with Crippen molar-refractivity contribution in [2.75, 3.05) is 12.3 Å². The molecule has 0 saturated carbocycles. The molecule has 1 aromatic carbocycles. The van der Waals surface area contributed by atoms with Crippen molar-refractivity contribution in [3.63, 3.8) is 0 Å². The molecule has 3 heteroatoms. The Kier molecular flexibility index (Phi) is 8.25. The molecule has 0 saturated heterocycles. The number of benzene rings is 1. The number of rotatable bonds is 9. The van der Waals surface area contributed by atoms with Crippen LogP contribution in [0.2, 0.25) is 0 Å². The third-order valence-electron chi connectivity index (χ3n) is 3.37. The first-order valence-electron chi connectivity index (χ1n) is 7.89. The molecule has 0 aliphatic heterocycles. The lowest BCUT2D eigenvalue weighted by molar-refractivity contribution is -0.116. The molecule has 3 N–H and O–H groups in total. The van der Waals surface area contributed by atoms with E-state index in [1.165, 1.54) is 25.7 Å². The smallest absolute Gasteiger partial charge is 0.243 e. The van der Waals surface area contributed by atoms with Gasteiger partial charge in [-0.2, -0.15) is 0 Å². The van der Waals surface area contributed by atoms with Crippen LogP contribution in [0, 0.1) is 5.92 Å². The number of carbonyl (C=O) groups is 1. The van der Waals surface area contributed by atoms with Crippen molar-refractivity contribution >= 4 is 17.7 Å². The number of unbranched alkanes of at least 4 members (excludes halogenated alkanes) is 3. The third kappa shape index (κ3) is 8.90. The molecule has 0 aliphatic rings. The van der Waals surface area contributed by atoms with E-state index >= 15 is 0 Å². The molecule has 0 radical (unpaired) electrons. The topological polar surface area (TPSA) is 55.1 Å². The van der Waals surface area contributed by atoms with E-state index in [4.69, 9.17) is 5.73 Å². The number of amides is 1. The van der Waals surface area contributed by atoms with Gasteiger partial charge in [0.2, 0.25) is 5.91 Å². The fraction of sp³-hybridized carbons (Fsp3) is 0.500. The molecule has 0 aromatic heterocycles. The second-order valence-corrected chi connectivity index (χ2v) is 5.89. The number of hydrogen-bond acceptors (Lipinski definition) is 2. The average molecular weight is 288 g/mol. The highest BCUT2D eigenvalue weighted by atomic mass is 16.1. The molecule has 0 spiro atoms. The van der Waals surface area contributed by atoms with Gasteiger partial charge in [-0.25, -0.2) is 0 Å². The summed E-state index contributed by atoms with van der Waals surface area (Å²) in [6, 6.07) is 7.45. The Morgan fingerprint density at radius 2 is 1.81 bits per heavy atom. The van der Waals surface area contributed by atoms with Crippen LogP contribution in [0.5, 0.6) is 0 Å². The first kappa shape index (κ1) is 17.3. The van der Waals surface area contributed by atoms with Crippen molar-refractivity contribution in [2.24, 2.45) is 5.92 Å². The first-order valence-corrected chi connectivity index (χ1v) is 7.89. The molecular formula is C18H28N2O. The number of hydrogen-bond donors (Lipinski definition) is 2. The lowest BCUT2D eigenvalue weighted by atomic mass is 10.0. The fourth-order valence-corrected chi connectivity index (χ4v) is 2.08. The highest BCUT2D eigenvalue weighted by Gasteiger charge is 1.97. The van der Waals surface area contributed by atoms with E-state index in [1.54, 1.807) is 12.2 Å². The molecule has 116 valence electrons. The summed E-state index contributed by atoms with van der Waals surface area (Å²) in [7, 11) is 0. The summed E-state index contributed by atoms with van der Waals surface area (Å²) in [5.74, 6) is 0.761. The Labute approximate surface area is 128 Å². The highest BCUT2D eigenvalue weighted by Crippen LogP contribution is 2.09. The van der Waals surface area contributed by atoms with Crippen LogP contribution in [-0.2, 0) is 4.79 Å². The van der Waals surface area contributed by atoms with E-state index in [2.05, 4.69) is 19.2 Å². The van der Waals surface area contributed by atoms with Gasteiger partial charge in [0.05, 0.1) is 0 Å². The van der Waals surface area contributed by atoms with E-state index in [9.17, 15) is 4.79 Å². The van der Waals surface area contributed by atoms with E-state index < -0.39 is 0 Å². The van der Waals surface area contributed by atoms with Crippen LogP contribution >= 0.6 is 0 Å². The summed E-state index contributed by atoms with van der Waals surface area (Å²) in [5, 5.41) is 2.91. The van der Waals surface area contributed by atoms with Crippen LogP contribution < -0.4 is 11.1 Å². The number of nitrogens with two attached hydrogens (primary N) is 1. The second-order valence-electron chi connectivity index (χ2n) is 5.89.